The third kappa shape index (κ3) is 6.33. The fourth-order valence-corrected chi connectivity index (χ4v) is 0.393. The van der Waals surface area contributed by atoms with Gasteiger partial charge in [0.2, 0.25) is 5.91 Å². The molecule has 0 atom stereocenters. The molecule has 0 radical (unpaired) electrons. The molecule has 0 aliphatic carbocycles. The number of hydrogen-bond donors (Lipinski definition) is 4. The number of guanidine groups is 1. The van der Waals surface area contributed by atoms with Crippen LogP contribution in [0.3, 0.4) is 0 Å². The molecule has 0 aromatic heterocycles. The zero-order valence-electron chi connectivity index (χ0n) is 6.28. The minimum Gasteiger partial charge on any atom is -0.480 e. The van der Waals surface area contributed by atoms with E-state index < -0.39 is 18.4 Å². The number of nitrogens with one attached hydrogen (secondary N) is 1. The molecular formula is C5H10N4O3. The van der Waals surface area contributed by atoms with Crippen molar-refractivity contribution in [1.29, 1.82) is 0 Å². The van der Waals surface area contributed by atoms with Crippen molar-refractivity contribution in [1.82, 2.24) is 5.32 Å². The van der Waals surface area contributed by atoms with Gasteiger partial charge in [-0.25, -0.2) is 4.99 Å². The molecule has 0 fully saturated rings. The van der Waals surface area contributed by atoms with E-state index in [0.717, 1.165) is 0 Å². The molecule has 0 heterocycles. The Morgan fingerprint density at radius 2 is 2.00 bits per heavy atom. The molecule has 68 valence electrons. The van der Waals surface area contributed by atoms with Gasteiger partial charge in [-0.05, 0) is 0 Å². The molecule has 0 aliphatic heterocycles. The molecule has 0 rings (SSSR count). The molecule has 0 saturated carbocycles. The Kier molecular flexibility index (Phi) is 4.20. The van der Waals surface area contributed by atoms with Crippen LogP contribution in [0.15, 0.2) is 4.99 Å². The van der Waals surface area contributed by atoms with Crippen LogP contribution in [-0.2, 0) is 9.59 Å². The van der Waals surface area contributed by atoms with Gasteiger partial charge in [0.1, 0.15) is 13.1 Å². The lowest BCUT2D eigenvalue weighted by molar-refractivity contribution is -0.137. The Balaban J connectivity index is 3.61. The number of hydrogen-bond acceptors (Lipinski definition) is 3. The maximum absolute atomic E-state index is 10.7. The number of carboxylic acid groups (broad SMARTS) is 1. The van der Waals surface area contributed by atoms with Crippen LogP contribution in [0.25, 0.3) is 0 Å². The normalized spacial score (nSPS) is 8.67. The second kappa shape index (κ2) is 4.94. The predicted octanol–water partition coefficient (Wildman–Crippen LogP) is -2.54. The van der Waals surface area contributed by atoms with Gasteiger partial charge in [-0.3, -0.25) is 9.59 Å². The van der Waals surface area contributed by atoms with Crippen molar-refractivity contribution in [2.75, 3.05) is 13.1 Å². The number of carboxylic acids is 1. The fourth-order valence-electron chi connectivity index (χ4n) is 0.393. The van der Waals surface area contributed by atoms with Crippen LogP contribution in [-0.4, -0.2) is 36.0 Å². The summed E-state index contributed by atoms with van der Waals surface area (Å²) in [6.07, 6.45) is 0. The molecular weight excluding hydrogens is 164 g/mol. The summed E-state index contributed by atoms with van der Waals surface area (Å²) in [4.78, 5) is 24.0. The van der Waals surface area contributed by atoms with Gasteiger partial charge in [0, 0.05) is 0 Å². The topological polar surface area (TPSA) is 131 Å². The monoisotopic (exact) mass is 174 g/mol. The molecule has 0 unspecified atom stereocenters. The Morgan fingerprint density at radius 3 is 2.42 bits per heavy atom. The zero-order valence-corrected chi connectivity index (χ0v) is 6.28. The molecule has 7 nitrogen and oxygen atoms in total. The van der Waals surface area contributed by atoms with E-state index in [1.807, 2.05) is 0 Å². The summed E-state index contributed by atoms with van der Waals surface area (Å²) >= 11 is 0. The van der Waals surface area contributed by atoms with Crippen molar-refractivity contribution in [2.45, 2.75) is 0 Å². The van der Waals surface area contributed by atoms with Crippen molar-refractivity contribution in [2.24, 2.45) is 16.5 Å². The van der Waals surface area contributed by atoms with Gasteiger partial charge in [0.05, 0.1) is 0 Å². The van der Waals surface area contributed by atoms with Crippen molar-refractivity contribution in [3.63, 3.8) is 0 Å². The first-order valence-corrected chi connectivity index (χ1v) is 3.06. The van der Waals surface area contributed by atoms with Gasteiger partial charge >= 0.3 is 5.97 Å². The van der Waals surface area contributed by atoms with Crippen molar-refractivity contribution < 1.29 is 14.7 Å². The summed E-state index contributed by atoms with van der Waals surface area (Å²) in [7, 11) is 0. The minimum absolute atomic E-state index is 0.208. The third-order valence-electron chi connectivity index (χ3n) is 0.842. The van der Waals surface area contributed by atoms with Crippen molar-refractivity contribution in [3.05, 3.63) is 0 Å². The van der Waals surface area contributed by atoms with Crippen LogP contribution in [0.1, 0.15) is 0 Å². The highest BCUT2D eigenvalue weighted by Gasteiger charge is 2.01. The van der Waals surface area contributed by atoms with E-state index in [1.165, 1.54) is 0 Å². The van der Waals surface area contributed by atoms with E-state index in [2.05, 4.69) is 10.3 Å². The number of rotatable bonds is 4. The molecule has 6 N–H and O–H groups in total. The van der Waals surface area contributed by atoms with Gasteiger partial charge in [-0.15, -0.1) is 0 Å². The molecule has 0 aromatic rings. The lowest BCUT2D eigenvalue weighted by Gasteiger charge is -1.97. The van der Waals surface area contributed by atoms with Crippen LogP contribution in [0.2, 0.25) is 0 Å². The predicted molar refractivity (Wildman–Crippen MR) is 41.3 cm³/mol. The maximum Gasteiger partial charge on any atom is 0.322 e. The van der Waals surface area contributed by atoms with E-state index in [4.69, 9.17) is 16.6 Å². The molecule has 0 aliphatic rings. The summed E-state index contributed by atoms with van der Waals surface area (Å²) in [5.74, 6) is -1.86. The first-order chi connectivity index (χ1) is 5.52. The molecule has 12 heavy (non-hydrogen) atoms. The zero-order chi connectivity index (χ0) is 9.56. The van der Waals surface area contributed by atoms with Gasteiger partial charge in [-0.1, -0.05) is 0 Å². The number of nitrogens with zero attached hydrogens (tertiary/aromatic N) is 1. The fraction of sp³-hybridized carbons (Fsp3) is 0.400. The average molecular weight is 174 g/mol. The highest BCUT2D eigenvalue weighted by Crippen LogP contribution is 1.70. The third-order valence-corrected chi connectivity index (χ3v) is 0.842. The SMILES string of the molecule is NC(N)=NCC(=O)NCC(=O)O. The summed E-state index contributed by atoms with van der Waals surface area (Å²) in [5, 5.41) is 10.2. The summed E-state index contributed by atoms with van der Waals surface area (Å²) < 4.78 is 0. The number of aliphatic carboxylic acids is 1. The molecule has 0 saturated heterocycles. The summed E-state index contributed by atoms with van der Waals surface area (Å²) in [6.45, 7) is -0.686. The van der Waals surface area contributed by atoms with Gasteiger partial charge in [0.25, 0.3) is 0 Å². The molecule has 0 spiro atoms. The Hall–Kier alpha value is -1.79. The Labute approximate surface area is 68.4 Å². The van der Waals surface area contributed by atoms with Gasteiger partial charge < -0.3 is 21.9 Å². The lowest BCUT2D eigenvalue weighted by atomic mass is 10.5. The molecule has 0 aromatic carbocycles. The number of carbonyl (C=O) groups is 2. The largest absolute Gasteiger partial charge is 0.480 e. The number of carbonyl (C=O) groups excluding carboxylic acids is 1. The first-order valence-electron chi connectivity index (χ1n) is 3.06. The quantitative estimate of drug-likeness (QED) is 0.275. The highest BCUT2D eigenvalue weighted by atomic mass is 16.4. The number of nitrogens with two attached hydrogens (primary N) is 2. The van der Waals surface area contributed by atoms with Gasteiger partial charge in [0.15, 0.2) is 5.96 Å². The smallest absolute Gasteiger partial charge is 0.322 e. The standard InChI is InChI=1S/C5H10N4O3/c6-5(7)9-1-3(10)8-2-4(11)12/h1-2H2,(H,8,10)(H,11,12)(H4,6,7,9). The Bertz CT molecular complexity index is 209. The number of amides is 1. The van der Waals surface area contributed by atoms with Crippen LogP contribution in [0.5, 0.6) is 0 Å². The first kappa shape index (κ1) is 10.2. The van der Waals surface area contributed by atoms with Crippen molar-refractivity contribution >= 4 is 17.8 Å². The van der Waals surface area contributed by atoms with Gasteiger partial charge in [-0.2, -0.15) is 0 Å². The average Bonchev–Trinajstić information content (AvgIpc) is 1.96. The number of aliphatic imine (C=N–C) groups is 1. The lowest BCUT2D eigenvalue weighted by Crippen LogP contribution is -2.32. The van der Waals surface area contributed by atoms with Crippen LogP contribution >= 0.6 is 0 Å². The summed E-state index contributed by atoms with van der Waals surface area (Å²) in [5.41, 5.74) is 9.86. The van der Waals surface area contributed by atoms with E-state index >= 15 is 0 Å². The maximum atomic E-state index is 10.7. The second-order valence-corrected chi connectivity index (χ2v) is 1.91. The highest BCUT2D eigenvalue weighted by molar-refractivity contribution is 5.85. The van der Waals surface area contributed by atoms with E-state index in [1.54, 1.807) is 0 Å². The second-order valence-electron chi connectivity index (χ2n) is 1.91. The molecule has 1 amide bonds. The van der Waals surface area contributed by atoms with Crippen molar-refractivity contribution in [3.8, 4) is 0 Å². The van der Waals surface area contributed by atoms with E-state index in [-0.39, 0.29) is 12.5 Å². The summed E-state index contributed by atoms with van der Waals surface area (Å²) in [6, 6.07) is 0. The molecule has 7 heteroatoms. The van der Waals surface area contributed by atoms with Crippen LogP contribution < -0.4 is 16.8 Å². The van der Waals surface area contributed by atoms with E-state index in [0.29, 0.717) is 0 Å². The molecule has 0 bridgehead atoms. The minimum atomic E-state index is -1.12. The van der Waals surface area contributed by atoms with E-state index in [9.17, 15) is 9.59 Å². The van der Waals surface area contributed by atoms with Crippen LogP contribution in [0.4, 0.5) is 0 Å². The Morgan fingerprint density at radius 1 is 1.42 bits per heavy atom. The van der Waals surface area contributed by atoms with Crippen LogP contribution in [0, 0.1) is 0 Å².